The summed E-state index contributed by atoms with van der Waals surface area (Å²) >= 11 is 0. The number of ether oxygens (including phenoxy) is 2. The van der Waals surface area contributed by atoms with Crippen LogP contribution >= 0.6 is 0 Å². The molecule has 0 aromatic heterocycles. The van der Waals surface area contributed by atoms with Crippen LogP contribution in [0.3, 0.4) is 0 Å². The molecule has 0 spiro atoms. The molecule has 0 bridgehead atoms. The smallest absolute Gasteiger partial charge is 0.335 e. The molecule has 46 heavy (non-hydrogen) atoms. The molecule has 0 aromatic rings. The standard InChI is InChI=1S/C32H53NO12S/c1-16(4-7-24(35)33-12-13-46(41,42)43)19-5-6-20-18-15-23(34)22-14-17(8-10-32(22,3)21(18)9-11-31(19,20)2)44-30-27(38)25(36)26(37)28(45-30)29(39)40/h16-23,25-28,30,34,36-38H,4-15H2,1-3H3,(H,33,35)(H,39,40)(H,41,42,43)/t16-,17?,18+,19-,20?,21+,22+,23+,25+,26+,27-,28+,30-,31-,32-/m1/s1. The van der Waals surface area contributed by atoms with E-state index in [2.05, 4.69) is 26.1 Å². The second-order valence-corrected chi connectivity index (χ2v) is 17.0. The summed E-state index contributed by atoms with van der Waals surface area (Å²) in [6.45, 7) is 6.78. The van der Waals surface area contributed by atoms with E-state index in [1.54, 1.807) is 0 Å². The van der Waals surface area contributed by atoms with Gasteiger partial charge in [0.25, 0.3) is 10.1 Å². The molecule has 5 aliphatic rings. The highest BCUT2D eigenvalue weighted by Gasteiger charge is 2.62. The summed E-state index contributed by atoms with van der Waals surface area (Å²) in [7, 11) is -4.12. The van der Waals surface area contributed by atoms with Crippen molar-refractivity contribution >= 4 is 22.0 Å². The van der Waals surface area contributed by atoms with Crippen molar-refractivity contribution < 1.29 is 57.6 Å². The van der Waals surface area contributed by atoms with Gasteiger partial charge >= 0.3 is 5.97 Å². The highest BCUT2D eigenvalue weighted by atomic mass is 32.2. The first kappa shape index (κ1) is 35.9. The van der Waals surface area contributed by atoms with E-state index >= 15 is 0 Å². The van der Waals surface area contributed by atoms with E-state index in [-0.39, 0.29) is 29.2 Å². The number of aliphatic hydroxyl groups excluding tert-OH is 4. The Hall–Kier alpha value is -1.39. The molecule has 13 nitrogen and oxygen atoms in total. The van der Waals surface area contributed by atoms with Crippen LogP contribution in [0.5, 0.6) is 0 Å². The van der Waals surface area contributed by atoms with E-state index in [1.165, 1.54) is 0 Å². The van der Waals surface area contributed by atoms with Gasteiger partial charge in [-0.05, 0) is 104 Å². The van der Waals surface area contributed by atoms with Gasteiger partial charge in [-0.25, -0.2) is 4.79 Å². The quantitative estimate of drug-likeness (QED) is 0.129. The maximum atomic E-state index is 12.3. The Morgan fingerprint density at radius 3 is 2.28 bits per heavy atom. The Morgan fingerprint density at radius 2 is 1.61 bits per heavy atom. The van der Waals surface area contributed by atoms with Crippen molar-refractivity contribution in [2.24, 2.45) is 46.3 Å². The molecule has 1 amide bonds. The van der Waals surface area contributed by atoms with Crippen molar-refractivity contribution in [1.29, 1.82) is 0 Å². The molecule has 5 rings (SSSR count). The summed E-state index contributed by atoms with van der Waals surface area (Å²) in [5.74, 6) is -0.176. The van der Waals surface area contributed by atoms with E-state index in [9.17, 15) is 43.5 Å². The fraction of sp³-hybridized carbons (Fsp3) is 0.938. The van der Waals surface area contributed by atoms with Gasteiger partial charge in [-0.3, -0.25) is 9.35 Å². The van der Waals surface area contributed by atoms with E-state index in [0.29, 0.717) is 61.7 Å². The van der Waals surface area contributed by atoms with Gasteiger partial charge in [0, 0.05) is 13.0 Å². The summed E-state index contributed by atoms with van der Waals surface area (Å²) in [5, 5.41) is 54.3. The number of carbonyl (C=O) groups excluding carboxylic acids is 1. The SMILES string of the molecule is C[C@H](CCC(=O)NCCS(=O)(=O)O)[C@H]1CCC2[C@@H]3C[C@H](O)[C@@H]4CC(O[C@@H]5O[C@H](C(=O)O)[C@@H](O)[C@H](O)[C@H]5O)CC[C@]4(C)[C@H]3CC[C@@]21C. The fourth-order valence-electron chi connectivity index (χ4n) is 10.7. The lowest BCUT2D eigenvalue weighted by Crippen LogP contribution is -2.62. The van der Waals surface area contributed by atoms with Gasteiger partial charge in [0.05, 0.1) is 18.0 Å². The van der Waals surface area contributed by atoms with Crippen LogP contribution in [0.4, 0.5) is 0 Å². The van der Waals surface area contributed by atoms with Gasteiger partial charge < -0.3 is 40.3 Å². The highest BCUT2D eigenvalue weighted by Crippen LogP contribution is 2.68. The molecule has 14 heteroatoms. The third-order valence-electron chi connectivity index (χ3n) is 13.0. The van der Waals surface area contributed by atoms with Crippen LogP contribution in [0, 0.1) is 46.3 Å². The van der Waals surface area contributed by atoms with E-state index in [1.807, 2.05) is 0 Å². The molecule has 4 aliphatic carbocycles. The number of carbonyl (C=O) groups is 2. The number of hydrogen-bond acceptors (Lipinski definition) is 10. The number of carboxylic acids is 1. The first-order valence-corrected chi connectivity index (χ1v) is 18.5. The molecule has 4 saturated carbocycles. The summed E-state index contributed by atoms with van der Waals surface area (Å²) in [6, 6.07) is 0. The zero-order valence-corrected chi connectivity index (χ0v) is 27.8. The minimum atomic E-state index is -4.12. The third-order valence-corrected chi connectivity index (χ3v) is 13.8. The second-order valence-electron chi connectivity index (χ2n) is 15.4. The molecule has 264 valence electrons. The van der Waals surface area contributed by atoms with E-state index < -0.39 is 64.8 Å². The van der Waals surface area contributed by atoms with Crippen molar-refractivity contribution in [1.82, 2.24) is 5.32 Å². The van der Waals surface area contributed by atoms with Crippen molar-refractivity contribution in [2.45, 2.75) is 128 Å². The van der Waals surface area contributed by atoms with Crippen LogP contribution in [0.1, 0.15) is 85.0 Å². The van der Waals surface area contributed by atoms with Crippen LogP contribution in [-0.4, -0.2) is 106 Å². The van der Waals surface area contributed by atoms with Gasteiger partial charge in [-0.15, -0.1) is 0 Å². The summed E-state index contributed by atoms with van der Waals surface area (Å²) < 4.78 is 42.1. The summed E-state index contributed by atoms with van der Waals surface area (Å²) in [6.07, 6.45) is -1.23. The minimum Gasteiger partial charge on any atom is -0.479 e. The maximum Gasteiger partial charge on any atom is 0.335 e. The Balaban J connectivity index is 1.20. The lowest BCUT2D eigenvalue weighted by molar-refractivity contribution is -0.311. The van der Waals surface area contributed by atoms with E-state index in [0.717, 1.165) is 32.1 Å². The third kappa shape index (κ3) is 6.87. The lowest BCUT2D eigenvalue weighted by Gasteiger charge is -2.62. The maximum absolute atomic E-state index is 12.3. The Kier molecular flexibility index (Phi) is 10.5. The zero-order chi connectivity index (χ0) is 33.8. The first-order chi connectivity index (χ1) is 21.5. The van der Waals surface area contributed by atoms with Gasteiger partial charge in [0.1, 0.15) is 18.3 Å². The number of amides is 1. The molecule has 0 aromatic carbocycles. The molecule has 0 radical (unpaired) electrons. The molecule has 1 saturated heterocycles. The number of rotatable bonds is 10. The Bertz CT molecular complexity index is 1230. The molecule has 5 fully saturated rings. The fourth-order valence-corrected chi connectivity index (χ4v) is 11.0. The first-order valence-electron chi connectivity index (χ1n) is 16.9. The van der Waals surface area contributed by atoms with Gasteiger partial charge in [-0.1, -0.05) is 20.8 Å². The molecule has 2 unspecified atom stereocenters. The largest absolute Gasteiger partial charge is 0.479 e. The molecular weight excluding hydrogens is 622 g/mol. The number of nitrogens with one attached hydrogen (secondary N) is 1. The molecule has 1 aliphatic heterocycles. The van der Waals surface area contributed by atoms with Gasteiger partial charge in [0.15, 0.2) is 12.4 Å². The topological polar surface area (TPSA) is 220 Å². The van der Waals surface area contributed by atoms with Crippen molar-refractivity contribution in [3.05, 3.63) is 0 Å². The normalized spacial score (nSPS) is 46.4. The minimum absolute atomic E-state index is 0.0427. The predicted molar refractivity (Wildman–Crippen MR) is 164 cm³/mol. The van der Waals surface area contributed by atoms with Crippen LogP contribution in [0.15, 0.2) is 0 Å². The van der Waals surface area contributed by atoms with Crippen molar-refractivity contribution in [3.8, 4) is 0 Å². The van der Waals surface area contributed by atoms with E-state index in [4.69, 9.17) is 14.0 Å². The molecular formula is C32H53NO12S. The second kappa shape index (κ2) is 13.5. The van der Waals surface area contributed by atoms with Gasteiger partial charge in [0.2, 0.25) is 5.91 Å². The summed E-state index contributed by atoms with van der Waals surface area (Å²) in [4.78, 5) is 23.9. The number of hydrogen-bond donors (Lipinski definition) is 7. The van der Waals surface area contributed by atoms with Crippen LogP contribution in [0.25, 0.3) is 0 Å². The number of aliphatic hydroxyl groups is 4. The molecule has 1 heterocycles. The van der Waals surface area contributed by atoms with Crippen molar-refractivity contribution in [2.75, 3.05) is 12.3 Å². The van der Waals surface area contributed by atoms with Crippen LogP contribution in [-0.2, 0) is 29.2 Å². The Morgan fingerprint density at radius 1 is 0.935 bits per heavy atom. The number of aliphatic carboxylic acids is 1. The molecule has 15 atom stereocenters. The zero-order valence-electron chi connectivity index (χ0n) is 27.0. The molecule has 7 N–H and O–H groups in total. The lowest BCUT2D eigenvalue weighted by atomic mass is 9.43. The van der Waals surface area contributed by atoms with Crippen LogP contribution in [0.2, 0.25) is 0 Å². The van der Waals surface area contributed by atoms with Gasteiger partial charge in [-0.2, -0.15) is 8.42 Å². The highest BCUT2D eigenvalue weighted by molar-refractivity contribution is 7.85. The number of fused-ring (bicyclic) bond motifs is 5. The predicted octanol–water partition coefficient (Wildman–Crippen LogP) is 1.31. The monoisotopic (exact) mass is 675 g/mol. The Labute approximate surface area is 271 Å². The van der Waals surface area contributed by atoms with Crippen LogP contribution < -0.4 is 5.32 Å². The summed E-state index contributed by atoms with van der Waals surface area (Å²) in [5.41, 5.74) is -0.00942. The van der Waals surface area contributed by atoms with Crippen molar-refractivity contribution in [3.63, 3.8) is 0 Å². The average molecular weight is 676 g/mol. The number of carboxylic acid groups (broad SMARTS) is 1. The average Bonchev–Trinajstić information content (AvgIpc) is 3.33.